The van der Waals surface area contributed by atoms with Gasteiger partial charge in [0.1, 0.15) is 5.82 Å². The third kappa shape index (κ3) is 5.28. The molecule has 0 aliphatic heterocycles. The maximum Gasteiger partial charge on any atom is 0.170 e. The predicted octanol–water partition coefficient (Wildman–Crippen LogP) is 2.52. The van der Waals surface area contributed by atoms with Crippen LogP contribution in [0.1, 0.15) is 11.4 Å². The Balaban J connectivity index is 1.63. The van der Waals surface area contributed by atoms with Gasteiger partial charge in [0, 0.05) is 5.75 Å². The summed E-state index contributed by atoms with van der Waals surface area (Å²) in [5.74, 6) is 1.35. The average molecular weight is 296 g/mol. The molecule has 0 spiro atoms. The van der Waals surface area contributed by atoms with Gasteiger partial charge in [0.05, 0.1) is 19.3 Å². The molecule has 102 valence electrons. The zero-order chi connectivity index (χ0) is 13.5. The first-order valence-electron chi connectivity index (χ1n) is 5.97. The van der Waals surface area contributed by atoms with Gasteiger partial charge in [-0.3, -0.25) is 0 Å². The van der Waals surface area contributed by atoms with Crippen LogP contribution in [-0.4, -0.2) is 32.9 Å². The van der Waals surface area contributed by atoms with Crippen molar-refractivity contribution >= 4 is 23.3 Å². The second-order valence-electron chi connectivity index (χ2n) is 4.07. The number of aliphatic hydroxyl groups is 1. The van der Waals surface area contributed by atoms with Crippen LogP contribution in [0.2, 0.25) is 0 Å². The first-order chi connectivity index (χ1) is 9.24. The highest BCUT2D eigenvalue weighted by Crippen LogP contribution is 2.20. The van der Waals surface area contributed by atoms with Gasteiger partial charge in [-0.25, -0.2) is 4.98 Å². The Morgan fingerprint density at radius 3 is 2.84 bits per heavy atom. The second kappa shape index (κ2) is 7.59. The van der Waals surface area contributed by atoms with Crippen LogP contribution >= 0.6 is 23.3 Å². The Hall–Kier alpha value is -0.950. The van der Waals surface area contributed by atoms with E-state index in [9.17, 15) is 5.11 Å². The van der Waals surface area contributed by atoms with Crippen molar-refractivity contribution in [1.29, 1.82) is 0 Å². The van der Waals surface area contributed by atoms with Crippen molar-refractivity contribution in [2.24, 2.45) is 0 Å². The average Bonchev–Trinajstić information content (AvgIpc) is 2.83. The predicted molar refractivity (Wildman–Crippen MR) is 77.5 cm³/mol. The summed E-state index contributed by atoms with van der Waals surface area (Å²) < 4.78 is 10.5. The molecule has 0 bridgehead atoms. The fourth-order valence-corrected chi connectivity index (χ4v) is 3.02. The number of aryl methyl sites for hydroxylation is 1. The number of thioether (sulfide) groups is 1. The van der Waals surface area contributed by atoms with Gasteiger partial charge in [0.15, 0.2) is 4.34 Å². The van der Waals surface area contributed by atoms with Crippen LogP contribution in [0.25, 0.3) is 0 Å². The quantitative estimate of drug-likeness (QED) is 0.796. The minimum absolute atomic E-state index is 0.333. The van der Waals surface area contributed by atoms with Crippen molar-refractivity contribution in [1.82, 2.24) is 9.36 Å². The van der Waals surface area contributed by atoms with E-state index in [0.717, 1.165) is 15.7 Å². The number of aromatic nitrogens is 2. The lowest BCUT2D eigenvalue weighted by Gasteiger charge is -2.10. The summed E-state index contributed by atoms with van der Waals surface area (Å²) in [7, 11) is 0. The summed E-state index contributed by atoms with van der Waals surface area (Å²) in [6, 6.07) is 9.93. The van der Waals surface area contributed by atoms with Crippen LogP contribution in [0.15, 0.2) is 34.7 Å². The SMILES string of the molecule is Cc1nsc(SCC(O)COCc2ccccc2)n1. The third-order valence-corrected chi connectivity index (χ3v) is 4.40. The molecule has 1 aromatic carbocycles. The van der Waals surface area contributed by atoms with E-state index in [1.807, 2.05) is 37.3 Å². The number of aliphatic hydroxyl groups excluding tert-OH is 1. The number of rotatable bonds is 7. The molecule has 1 unspecified atom stereocenters. The van der Waals surface area contributed by atoms with Gasteiger partial charge in [-0.2, -0.15) is 4.37 Å². The first kappa shape index (κ1) is 14.5. The van der Waals surface area contributed by atoms with Crippen molar-refractivity contribution in [3.8, 4) is 0 Å². The van der Waals surface area contributed by atoms with E-state index in [2.05, 4.69) is 9.36 Å². The number of hydrogen-bond donors (Lipinski definition) is 1. The van der Waals surface area contributed by atoms with Crippen LogP contribution in [0.4, 0.5) is 0 Å². The molecule has 19 heavy (non-hydrogen) atoms. The van der Waals surface area contributed by atoms with E-state index >= 15 is 0 Å². The summed E-state index contributed by atoms with van der Waals surface area (Å²) in [6.07, 6.45) is -0.488. The Bertz CT molecular complexity index is 490. The fourth-order valence-electron chi connectivity index (χ4n) is 1.44. The lowest BCUT2D eigenvalue weighted by molar-refractivity contribution is 0.0398. The van der Waals surface area contributed by atoms with E-state index in [4.69, 9.17) is 4.74 Å². The van der Waals surface area contributed by atoms with Gasteiger partial charge in [-0.15, -0.1) is 0 Å². The maximum absolute atomic E-state index is 9.81. The van der Waals surface area contributed by atoms with E-state index in [1.54, 1.807) is 0 Å². The molecule has 0 aliphatic carbocycles. The van der Waals surface area contributed by atoms with Crippen molar-refractivity contribution in [2.45, 2.75) is 24.0 Å². The lowest BCUT2D eigenvalue weighted by Crippen LogP contribution is -2.17. The van der Waals surface area contributed by atoms with Crippen molar-refractivity contribution < 1.29 is 9.84 Å². The van der Waals surface area contributed by atoms with Gasteiger partial charge < -0.3 is 9.84 Å². The summed E-state index contributed by atoms with van der Waals surface area (Å²) in [4.78, 5) is 4.23. The number of hydrogen-bond acceptors (Lipinski definition) is 6. The number of nitrogens with zero attached hydrogens (tertiary/aromatic N) is 2. The molecule has 0 saturated heterocycles. The first-order valence-corrected chi connectivity index (χ1v) is 7.73. The summed E-state index contributed by atoms with van der Waals surface area (Å²) >= 11 is 2.87. The van der Waals surface area contributed by atoms with E-state index < -0.39 is 6.10 Å². The molecular formula is C13H16N2O2S2. The van der Waals surface area contributed by atoms with E-state index in [1.165, 1.54) is 23.3 Å². The highest BCUT2D eigenvalue weighted by molar-refractivity contribution is 8.00. The topological polar surface area (TPSA) is 55.2 Å². The second-order valence-corrected chi connectivity index (χ2v) is 6.09. The van der Waals surface area contributed by atoms with E-state index in [0.29, 0.717) is 19.0 Å². The zero-order valence-corrected chi connectivity index (χ0v) is 12.3. The van der Waals surface area contributed by atoms with Crippen LogP contribution in [0.5, 0.6) is 0 Å². The molecule has 0 amide bonds. The van der Waals surface area contributed by atoms with Gasteiger partial charge in [0.2, 0.25) is 0 Å². The molecular weight excluding hydrogens is 280 g/mol. The molecule has 2 aromatic rings. The van der Waals surface area contributed by atoms with Crippen molar-refractivity contribution in [2.75, 3.05) is 12.4 Å². The molecule has 0 saturated carbocycles. The molecule has 2 rings (SSSR count). The van der Waals surface area contributed by atoms with Gasteiger partial charge >= 0.3 is 0 Å². The van der Waals surface area contributed by atoms with Crippen LogP contribution in [0.3, 0.4) is 0 Å². The molecule has 0 aliphatic rings. The number of benzene rings is 1. The van der Waals surface area contributed by atoms with Crippen molar-refractivity contribution in [3.63, 3.8) is 0 Å². The highest BCUT2D eigenvalue weighted by atomic mass is 32.2. The smallest absolute Gasteiger partial charge is 0.170 e. The number of ether oxygens (including phenoxy) is 1. The standard InChI is InChI=1S/C13H16N2O2S2/c1-10-14-13(19-15-10)18-9-12(16)8-17-7-11-5-3-2-4-6-11/h2-6,12,16H,7-9H2,1H3. The summed E-state index contributed by atoms with van der Waals surface area (Å²) in [5.41, 5.74) is 1.11. The monoisotopic (exact) mass is 296 g/mol. The molecule has 1 atom stereocenters. The lowest BCUT2D eigenvalue weighted by atomic mass is 10.2. The summed E-state index contributed by atoms with van der Waals surface area (Å²) in [5, 5.41) is 9.81. The Morgan fingerprint density at radius 1 is 1.37 bits per heavy atom. The molecule has 6 heteroatoms. The minimum Gasteiger partial charge on any atom is -0.390 e. The Kier molecular flexibility index (Phi) is 5.78. The highest BCUT2D eigenvalue weighted by Gasteiger charge is 2.08. The molecule has 0 fully saturated rings. The van der Waals surface area contributed by atoms with Gasteiger partial charge in [0.25, 0.3) is 0 Å². The van der Waals surface area contributed by atoms with Gasteiger partial charge in [-0.1, -0.05) is 42.1 Å². The molecule has 4 nitrogen and oxygen atoms in total. The normalized spacial score (nSPS) is 12.5. The maximum atomic E-state index is 9.81. The molecule has 1 aromatic heterocycles. The van der Waals surface area contributed by atoms with E-state index in [-0.39, 0.29) is 0 Å². The van der Waals surface area contributed by atoms with Gasteiger partial charge in [-0.05, 0) is 24.0 Å². The van der Waals surface area contributed by atoms with Crippen molar-refractivity contribution in [3.05, 3.63) is 41.7 Å². The molecule has 1 N–H and O–H groups in total. The van der Waals surface area contributed by atoms with Crippen LogP contribution < -0.4 is 0 Å². The molecule has 1 heterocycles. The zero-order valence-electron chi connectivity index (χ0n) is 10.7. The molecule has 0 radical (unpaired) electrons. The Morgan fingerprint density at radius 2 is 2.16 bits per heavy atom. The fraction of sp³-hybridized carbons (Fsp3) is 0.385. The summed E-state index contributed by atoms with van der Waals surface area (Å²) in [6.45, 7) is 2.72. The minimum atomic E-state index is -0.488. The van der Waals surface area contributed by atoms with Crippen LogP contribution in [0, 0.1) is 6.92 Å². The Labute approximate surface area is 121 Å². The third-order valence-electron chi connectivity index (χ3n) is 2.33. The van der Waals surface area contributed by atoms with Crippen LogP contribution in [-0.2, 0) is 11.3 Å². The largest absolute Gasteiger partial charge is 0.390 e.